The first-order valence-corrected chi connectivity index (χ1v) is 11.5. The van der Waals surface area contributed by atoms with E-state index < -0.39 is 27.8 Å². The van der Waals surface area contributed by atoms with Crippen LogP contribution < -0.4 is 19.7 Å². The van der Waals surface area contributed by atoms with Crippen LogP contribution in [0.25, 0.3) is 0 Å². The number of hydrogen-bond acceptors (Lipinski definition) is 6. The summed E-state index contributed by atoms with van der Waals surface area (Å²) in [6.45, 7) is 6.84. The summed E-state index contributed by atoms with van der Waals surface area (Å²) >= 11 is 6.13. The smallest absolute Gasteiger partial charge is 0.409 e. The van der Waals surface area contributed by atoms with E-state index in [1.165, 1.54) is 36.0 Å². The fourth-order valence-corrected chi connectivity index (χ4v) is 5.34. The molecule has 0 saturated carbocycles. The van der Waals surface area contributed by atoms with Crippen LogP contribution in [-0.4, -0.2) is 53.5 Å². The van der Waals surface area contributed by atoms with Crippen molar-refractivity contribution in [1.29, 1.82) is 0 Å². The molecular formula is C19H24ClN5O6S. The van der Waals surface area contributed by atoms with E-state index in [9.17, 15) is 18.0 Å². The van der Waals surface area contributed by atoms with Crippen molar-refractivity contribution in [2.24, 2.45) is 0 Å². The number of sulfonamides is 1. The summed E-state index contributed by atoms with van der Waals surface area (Å²) < 4.78 is 35.8. The average Bonchev–Trinajstić information content (AvgIpc) is 3.07. The molecule has 11 nitrogen and oxygen atoms in total. The topological polar surface area (TPSA) is 143 Å². The van der Waals surface area contributed by atoms with Gasteiger partial charge in [-0.3, -0.25) is 19.1 Å². The van der Waals surface area contributed by atoms with Crippen LogP contribution in [0.1, 0.15) is 27.7 Å². The van der Waals surface area contributed by atoms with Crippen molar-refractivity contribution in [2.45, 2.75) is 50.8 Å². The Labute approximate surface area is 190 Å². The van der Waals surface area contributed by atoms with Gasteiger partial charge in [0.25, 0.3) is 10.0 Å². The fourth-order valence-electron chi connectivity index (χ4n) is 3.42. The molecule has 1 aliphatic rings. The number of halogens is 1. The lowest BCUT2D eigenvalue weighted by Crippen LogP contribution is -2.60. The third-order valence-electron chi connectivity index (χ3n) is 4.96. The molecule has 1 aliphatic heterocycles. The fraction of sp³-hybridized carbons (Fsp3) is 0.421. The van der Waals surface area contributed by atoms with Gasteiger partial charge in [0.05, 0.1) is 17.8 Å². The molecule has 1 aromatic carbocycles. The molecule has 1 unspecified atom stereocenters. The Morgan fingerprint density at radius 3 is 2.62 bits per heavy atom. The third-order valence-corrected chi connectivity index (χ3v) is 7.13. The van der Waals surface area contributed by atoms with E-state index in [1.54, 1.807) is 20.8 Å². The molecule has 1 aromatic heterocycles. The number of fused-ring (bicyclic) bond motifs is 1. The average molecular weight is 486 g/mol. The van der Waals surface area contributed by atoms with Crippen molar-refractivity contribution in [1.82, 2.24) is 15.1 Å². The Bertz CT molecular complexity index is 1160. The van der Waals surface area contributed by atoms with E-state index in [0.29, 0.717) is 6.54 Å². The van der Waals surface area contributed by atoms with Gasteiger partial charge < -0.3 is 15.2 Å². The van der Waals surface area contributed by atoms with Gasteiger partial charge in [0.1, 0.15) is 16.7 Å². The van der Waals surface area contributed by atoms with Gasteiger partial charge in [0.2, 0.25) is 5.91 Å². The van der Waals surface area contributed by atoms with Gasteiger partial charge in [-0.2, -0.15) is 5.10 Å². The third kappa shape index (κ3) is 4.60. The first kappa shape index (κ1) is 23.7. The SMILES string of the molecule is CCn1cc(S(=O)(=O)N2CC(C(C)(C)NC(C)=O)Oc3ccc(NC(=O)O)cc32)c(Cl)n1. The number of carbonyl (C=O) groups is 2. The lowest BCUT2D eigenvalue weighted by Gasteiger charge is -2.42. The number of ether oxygens (including phenoxy) is 1. The van der Waals surface area contributed by atoms with Crippen LogP contribution in [0.5, 0.6) is 5.75 Å². The summed E-state index contributed by atoms with van der Waals surface area (Å²) in [7, 11) is -4.21. The number of anilines is 2. The zero-order chi connectivity index (χ0) is 23.8. The van der Waals surface area contributed by atoms with E-state index in [2.05, 4.69) is 15.7 Å². The van der Waals surface area contributed by atoms with Crippen LogP contribution in [0, 0.1) is 0 Å². The van der Waals surface area contributed by atoms with Crippen molar-refractivity contribution in [3.05, 3.63) is 29.5 Å². The molecule has 0 aliphatic carbocycles. The summed E-state index contributed by atoms with van der Waals surface area (Å²) in [6, 6.07) is 4.28. The largest absolute Gasteiger partial charge is 0.484 e. The zero-order valence-corrected chi connectivity index (χ0v) is 19.5. The predicted molar refractivity (Wildman–Crippen MR) is 118 cm³/mol. The number of nitrogens with zero attached hydrogens (tertiary/aromatic N) is 3. The van der Waals surface area contributed by atoms with E-state index in [-0.39, 0.29) is 39.6 Å². The summed E-state index contributed by atoms with van der Waals surface area (Å²) in [4.78, 5) is 22.6. The van der Waals surface area contributed by atoms with Crippen molar-refractivity contribution >= 4 is 45.0 Å². The minimum Gasteiger partial charge on any atom is -0.484 e. The maximum atomic E-state index is 13.6. The molecule has 32 heavy (non-hydrogen) atoms. The number of amides is 2. The molecule has 3 rings (SSSR count). The first-order chi connectivity index (χ1) is 14.8. The van der Waals surface area contributed by atoms with Crippen LogP contribution in [-0.2, 0) is 21.4 Å². The van der Waals surface area contributed by atoms with Crippen molar-refractivity contribution in [3.8, 4) is 5.75 Å². The molecule has 0 bridgehead atoms. The number of carbonyl (C=O) groups excluding carboxylic acids is 1. The highest BCUT2D eigenvalue weighted by Crippen LogP contribution is 2.41. The second-order valence-corrected chi connectivity index (χ2v) is 9.99. The molecule has 1 atom stereocenters. The summed E-state index contributed by atoms with van der Waals surface area (Å²) in [5.41, 5.74) is -0.631. The highest BCUT2D eigenvalue weighted by molar-refractivity contribution is 7.93. The Morgan fingerprint density at radius 2 is 2.06 bits per heavy atom. The van der Waals surface area contributed by atoms with Crippen molar-refractivity contribution in [2.75, 3.05) is 16.2 Å². The van der Waals surface area contributed by atoms with Gasteiger partial charge in [0, 0.05) is 25.4 Å². The standard InChI is InChI=1S/C19H24ClN5O6S/c1-5-24-9-15(17(20)23-24)32(29,30)25-10-16(19(3,4)22-11(2)26)31-14-7-6-12(8-13(14)25)21-18(27)28/h6-9,16,21H,5,10H2,1-4H3,(H,22,26)(H,27,28). The Morgan fingerprint density at radius 1 is 1.38 bits per heavy atom. The van der Waals surface area contributed by atoms with Crippen LogP contribution in [0.3, 0.4) is 0 Å². The molecule has 3 N–H and O–H groups in total. The monoisotopic (exact) mass is 485 g/mol. The molecule has 2 aromatic rings. The lowest BCUT2D eigenvalue weighted by molar-refractivity contribution is -0.121. The molecule has 0 saturated heterocycles. The second-order valence-electron chi connectivity index (χ2n) is 7.80. The van der Waals surface area contributed by atoms with E-state index in [4.69, 9.17) is 21.4 Å². The molecule has 0 radical (unpaired) electrons. The summed E-state index contributed by atoms with van der Waals surface area (Å²) in [6.07, 6.45) is -0.722. The minimum absolute atomic E-state index is 0.131. The summed E-state index contributed by atoms with van der Waals surface area (Å²) in [5.74, 6) is -0.0923. The number of rotatable bonds is 6. The van der Waals surface area contributed by atoms with Gasteiger partial charge >= 0.3 is 6.09 Å². The molecule has 13 heteroatoms. The number of benzene rings is 1. The Hall–Kier alpha value is -2.99. The highest BCUT2D eigenvalue weighted by atomic mass is 35.5. The van der Waals surface area contributed by atoms with Crippen molar-refractivity contribution < 1.29 is 27.9 Å². The van der Waals surface area contributed by atoms with Gasteiger partial charge in [-0.15, -0.1) is 0 Å². The number of aromatic nitrogens is 2. The van der Waals surface area contributed by atoms with Crippen LogP contribution in [0.15, 0.2) is 29.3 Å². The van der Waals surface area contributed by atoms with E-state index in [0.717, 1.165) is 4.31 Å². The lowest BCUT2D eigenvalue weighted by atomic mass is 9.95. The minimum atomic E-state index is -4.21. The molecule has 174 valence electrons. The maximum Gasteiger partial charge on any atom is 0.409 e. The zero-order valence-electron chi connectivity index (χ0n) is 17.9. The predicted octanol–water partition coefficient (Wildman–Crippen LogP) is 2.52. The Balaban J connectivity index is 2.14. The quantitative estimate of drug-likeness (QED) is 0.570. The molecular weight excluding hydrogens is 462 g/mol. The molecule has 0 spiro atoms. The molecule has 0 fully saturated rings. The van der Waals surface area contributed by atoms with Gasteiger partial charge in [0.15, 0.2) is 5.15 Å². The molecule has 2 heterocycles. The highest BCUT2D eigenvalue weighted by Gasteiger charge is 2.43. The van der Waals surface area contributed by atoms with Crippen LogP contribution >= 0.6 is 11.6 Å². The number of hydrogen-bond donors (Lipinski definition) is 3. The maximum absolute atomic E-state index is 13.6. The number of aryl methyl sites for hydroxylation is 1. The van der Waals surface area contributed by atoms with E-state index >= 15 is 0 Å². The van der Waals surface area contributed by atoms with E-state index in [1.807, 2.05) is 0 Å². The van der Waals surface area contributed by atoms with Gasteiger partial charge in [-0.05, 0) is 39.0 Å². The van der Waals surface area contributed by atoms with Crippen LogP contribution in [0.4, 0.5) is 16.2 Å². The van der Waals surface area contributed by atoms with Crippen LogP contribution in [0.2, 0.25) is 5.15 Å². The van der Waals surface area contributed by atoms with Crippen molar-refractivity contribution in [3.63, 3.8) is 0 Å². The summed E-state index contributed by atoms with van der Waals surface area (Å²) in [5, 5.41) is 17.8. The Kier molecular flexibility index (Phi) is 6.29. The van der Waals surface area contributed by atoms with Gasteiger partial charge in [-0.1, -0.05) is 11.6 Å². The number of nitrogens with one attached hydrogen (secondary N) is 2. The number of carboxylic acid groups (broad SMARTS) is 1. The normalized spacial score (nSPS) is 16.2. The first-order valence-electron chi connectivity index (χ1n) is 9.70. The van der Waals surface area contributed by atoms with Gasteiger partial charge in [-0.25, -0.2) is 13.2 Å². The molecule has 2 amide bonds. The second kappa shape index (κ2) is 8.51.